The van der Waals surface area contributed by atoms with Crippen LogP contribution >= 0.6 is 0 Å². The van der Waals surface area contributed by atoms with Gasteiger partial charge < -0.3 is 10.0 Å². The number of carbonyl (C=O) groups excluding carboxylic acids is 1. The molecule has 0 aromatic heterocycles. The van der Waals surface area contributed by atoms with Crippen molar-refractivity contribution >= 4 is 11.6 Å². The van der Waals surface area contributed by atoms with Crippen molar-refractivity contribution in [3.8, 4) is 0 Å². The number of hydrogen-bond acceptors (Lipinski definition) is 2. The molecule has 2 rings (SSSR count). The lowest BCUT2D eigenvalue weighted by molar-refractivity contribution is -0.117. The molecular weight excluding hydrogens is 238 g/mol. The summed E-state index contributed by atoms with van der Waals surface area (Å²) in [6.07, 6.45) is 0.441. The van der Waals surface area contributed by atoms with Crippen LogP contribution in [0.5, 0.6) is 0 Å². The SMILES string of the molecule is CC1C(CO)CC(=O)N1c1ccccc1C(C)(C)C. The van der Waals surface area contributed by atoms with Crippen molar-refractivity contribution in [1.82, 2.24) is 0 Å². The van der Waals surface area contributed by atoms with Crippen LogP contribution in [0.25, 0.3) is 0 Å². The first-order valence-corrected chi connectivity index (χ1v) is 6.88. The number of nitrogens with zero attached hydrogens (tertiary/aromatic N) is 1. The Balaban J connectivity index is 2.45. The van der Waals surface area contributed by atoms with E-state index in [1.807, 2.05) is 30.0 Å². The van der Waals surface area contributed by atoms with Crippen LogP contribution in [-0.4, -0.2) is 23.7 Å². The second kappa shape index (κ2) is 4.97. The van der Waals surface area contributed by atoms with E-state index in [9.17, 15) is 9.90 Å². The Morgan fingerprint density at radius 3 is 2.47 bits per heavy atom. The van der Waals surface area contributed by atoms with Crippen LogP contribution in [0.4, 0.5) is 5.69 Å². The lowest BCUT2D eigenvalue weighted by Crippen LogP contribution is -2.35. The zero-order chi connectivity index (χ0) is 14.2. The van der Waals surface area contributed by atoms with Crippen molar-refractivity contribution in [2.75, 3.05) is 11.5 Å². The molecule has 3 heteroatoms. The van der Waals surface area contributed by atoms with E-state index in [4.69, 9.17) is 0 Å². The molecule has 0 bridgehead atoms. The minimum absolute atomic E-state index is 0.00606. The summed E-state index contributed by atoms with van der Waals surface area (Å²) in [6, 6.07) is 8.13. The zero-order valence-corrected chi connectivity index (χ0v) is 12.2. The molecular formula is C16H23NO2. The summed E-state index contributed by atoms with van der Waals surface area (Å²) in [5, 5.41) is 9.37. The Bertz CT molecular complexity index is 476. The van der Waals surface area contributed by atoms with Gasteiger partial charge >= 0.3 is 0 Å². The smallest absolute Gasteiger partial charge is 0.227 e. The summed E-state index contributed by atoms with van der Waals surface area (Å²) < 4.78 is 0. The summed E-state index contributed by atoms with van der Waals surface area (Å²) in [6.45, 7) is 8.55. The molecule has 1 aromatic carbocycles. The van der Waals surface area contributed by atoms with Crippen LogP contribution in [-0.2, 0) is 10.2 Å². The van der Waals surface area contributed by atoms with Crippen LogP contribution in [0, 0.1) is 5.92 Å². The molecule has 104 valence electrons. The van der Waals surface area contributed by atoms with E-state index < -0.39 is 0 Å². The van der Waals surface area contributed by atoms with E-state index in [1.54, 1.807) is 0 Å². The molecule has 1 aliphatic rings. The molecule has 1 aliphatic heterocycles. The second-order valence-electron chi connectivity index (χ2n) is 6.42. The Kier molecular flexibility index (Phi) is 3.68. The molecule has 2 unspecified atom stereocenters. The van der Waals surface area contributed by atoms with Crippen molar-refractivity contribution in [3.05, 3.63) is 29.8 Å². The monoisotopic (exact) mass is 261 g/mol. The van der Waals surface area contributed by atoms with Gasteiger partial charge in [-0.15, -0.1) is 0 Å². The fraction of sp³-hybridized carbons (Fsp3) is 0.562. The number of benzene rings is 1. The number of aliphatic hydroxyl groups excluding tert-OH is 1. The minimum Gasteiger partial charge on any atom is -0.396 e. The van der Waals surface area contributed by atoms with Gasteiger partial charge in [-0.2, -0.15) is 0 Å². The lowest BCUT2D eigenvalue weighted by Gasteiger charge is -2.31. The number of amides is 1. The van der Waals surface area contributed by atoms with Gasteiger partial charge in [0.05, 0.1) is 0 Å². The highest BCUT2D eigenvalue weighted by Gasteiger charge is 2.38. The van der Waals surface area contributed by atoms with Gasteiger partial charge in [0.15, 0.2) is 0 Å². The molecule has 0 spiro atoms. The third-order valence-corrected chi connectivity index (χ3v) is 4.00. The highest BCUT2D eigenvalue weighted by atomic mass is 16.3. The number of para-hydroxylation sites is 1. The normalized spacial score (nSPS) is 24.1. The van der Waals surface area contributed by atoms with Gasteiger partial charge in [0.1, 0.15) is 0 Å². The number of carbonyl (C=O) groups is 1. The Morgan fingerprint density at radius 2 is 1.95 bits per heavy atom. The van der Waals surface area contributed by atoms with E-state index in [2.05, 4.69) is 26.8 Å². The van der Waals surface area contributed by atoms with Crippen molar-refractivity contribution < 1.29 is 9.90 Å². The molecule has 3 nitrogen and oxygen atoms in total. The molecule has 0 aliphatic carbocycles. The van der Waals surface area contributed by atoms with Crippen LogP contribution in [0.1, 0.15) is 39.7 Å². The van der Waals surface area contributed by atoms with E-state index in [0.29, 0.717) is 6.42 Å². The molecule has 1 saturated heterocycles. The topological polar surface area (TPSA) is 40.5 Å². The van der Waals surface area contributed by atoms with Crippen molar-refractivity contribution in [2.24, 2.45) is 5.92 Å². The molecule has 1 aromatic rings. The van der Waals surface area contributed by atoms with Crippen LogP contribution in [0.15, 0.2) is 24.3 Å². The predicted molar refractivity (Wildman–Crippen MR) is 77.3 cm³/mol. The van der Waals surface area contributed by atoms with Gasteiger partial charge in [-0.3, -0.25) is 4.79 Å². The molecule has 1 N–H and O–H groups in total. The van der Waals surface area contributed by atoms with Gasteiger partial charge in [0.2, 0.25) is 5.91 Å². The highest BCUT2D eigenvalue weighted by Crippen LogP contribution is 2.37. The summed E-state index contributed by atoms with van der Waals surface area (Å²) in [4.78, 5) is 14.1. The largest absolute Gasteiger partial charge is 0.396 e. The number of anilines is 1. The van der Waals surface area contributed by atoms with Gasteiger partial charge in [-0.05, 0) is 24.0 Å². The summed E-state index contributed by atoms with van der Waals surface area (Å²) in [5.74, 6) is 0.156. The van der Waals surface area contributed by atoms with E-state index >= 15 is 0 Å². The van der Waals surface area contributed by atoms with Gasteiger partial charge in [-0.1, -0.05) is 39.0 Å². The molecule has 1 amide bonds. The van der Waals surface area contributed by atoms with Crippen molar-refractivity contribution in [2.45, 2.75) is 45.6 Å². The first-order valence-electron chi connectivity index (χ1n) is 6.88. The Labute approximate surface area is 115 Å². The molecule has 19 heavy (non-hydrogen) atoms. The highest BCUT2D eigenvalue weighted by molar-refractivity contribution is 5.97. The quantitative estimate of drug-likeness (QED) is 0.889. The van der Waals surface area contributed by atoms with E-state index in [-0.39, 0.29) is 29.9 Å². The standard InChI is InChI=1S/C16H23NO2/c1-11-12(10-18)9-15(19)17(11)14-8-6-5-7-13(14)16(2,3)4/h5-8,11-12,18H,9-10H2,1-4H3. The fourth-order valence-corrected chi connectivity index (χ4v) is 2.82. The number of hydrogen-bond donors (Lipinski definition) is 1. The average Bonchev–Trinajstić information content (AvgIpc) is 2.63. The fourth-order valence-electron chi connectivity index (χ4n) is 2.82. The minimum atomic E-state index is -0.00606. The summed E-state index contributed by atoms with van der Waals surface area (Å²) >= 11 is 0. The molecule has 0 saturated carbocycles. The molecule has 1 heterocycles. The van der Waals surface area contributed by atoms with Gasteiger partial charge in [0.25, 0.3) is 0 Å². The second-order valence-corrected chi connectivity index (χ2v) is 6.42. The molecule has 1 fully saturated rings. The first kappa shape index (κ1) is 14.1. The third-order valence-electron chi connectivity index (χ3n) is 4.00. The van der Waals surface area contributed by atoms with E-state index in [1.165, 1.54) is 5.56 Å². The van der Waals surface area contributed by atoms with Crippen LogP contribution in [0.3, 0.4) is 0 Å². The first-order chi connectivity index (χ1) is 8.86. The Morgan fingerprint density at radius 1 is 1.32 bits per heavy atom. The summed E-state index contributed by atoms with van der Waals surface area (Å²) in [7, 11) is 0. The summed E-state index contributed by atoms with van der Waals surface area (Å²) in [5.41, 5.74) is 2.16. The maximum Gasteiger partial charge on any atom is 0.227 e. The van der Waals surface area contributed by atoms with Gasteiger partial charge in [0, 0.05) is 30.7 Å². The Hall–Kier alpha value is -1.35. The molecule has 0 radical (unpaired) electrons. The predicted octanol–water partition coefficient (Wildman–Crippen LogP) is 2.72. The number of rotatable bonds is 2. The maximum absolute atomic E-state index is 12.2. The van der Waals surface area contributed by atoms with E-state index in [0.717, 1.165) is 5.69 Å². The lowest BCUT2D eigenvalue weighted by atomic mass is 9.85. The maximum atomic E-state index is 12.2. The van der Waals surface area contributed by atoms with Crippen molar-refractivity contribution in [3.63, 3.8) is 0 Å². The van der Waals surface area contributed by atoms with Crippen molar-refractivity contribution in [1.29, 1.82) is 0 Å². The van der Waals surface area contributed by atoms with Crippen LogP contribution in [0.2, 0.25) is 0 Å². The number of aliphatic hydroxyl groups is 1. The molecule has 2 atom stereocenters. The zero-order valence-electron chi connectivity index (χ0n) is 12.2. The van der Waals surface area contributed by atoms with Crippen LogP contribution < -0.4 is 4.90 Å². The average molecular weight is 261 g/mol. The van der Waals surface area contributed by atoms with Gasteiger partial charge in [-0.25, -0.2) is 0 Å². The third kappa shape index (κ3) is 2.52.